The van der Waals surface area contributed by atoms with E-state index in [1.54, 1.807) is 4.90 Å². The second kappa shape index (κ2) is 13.0. The number of likely N-dealkylation sites (N-methyl/N-ethyl adjacent to an activating group) is 1. The molecule has 3 aliphatic rings. The number of anilines is 1. The maximum atomic E-state index is 12.8. The van der Waals surface area contributed by atoms with Gasteiger partial charge in [0.25, 0.3) is 0 Å². The van der Waals surface area contributed by atoms with E-state index in [1.807, 2.05) is 30.3 Å². The fraction of sp³-hybridized carbons (Fsp3) is 0.417. The molecular weight excluding hydrogens is 566 g/mol. The number of ether oxygens (including phenoxy) is 3. The first kappa shape index (κ1) is 29.5. The molecule has 0 bridgehead atoms. The fourth-order valence-electron chi connectivity index (χ4n) is 6.86. The Hall–Kier alpha value is -4.21. The van der Waals surface area contributed by atoms with Crippen LogP contribution in [0.2, 0.25) is 0 Å². The van der Waals surface area contributed by atoms with Gasteiger partial charge >= 0.3 is 12.1 Å². The summed E-state index contributed by atoms with van der Waals surface area (Å²) >= 11 is 0. The third-order valence-corrected chi connectivity index (χ3v) is 9.47. The molecule has 0 spiro atoms. The Morgan fingerprint density at radius 3 is 2.53 bits per heavy atom. The number of carbonyl (C=O) groups is 1. The van der Waals surface area contributed by atoms with Crippen molar-refractivity contribution in [3.8, 4) is 6.01 Å². The van der Waals surface area contributed by atoms with Gasteiger partial charge in [0.2, 0.25) is 0 Å². The predicted octanol–water partition coefficient (Wildman–Crippen LogP) is 5.68. The van der Waals surface area contributed by atoms with Crippen LogP contribution in [-0.2, 0) is 29.1 Å². The maximum Gasteiger partial charge on any atom is 0.410 e. The number of likely N-dealkylation sites (tertiary alicyclic amines) is 1. The lowest BCUT2D eigenvalue weighted by molar-refractivity contribution is 0.0264. The van der Waals surface area contributed by atoms with Gasteiger partial charge in [-0.05, 0) is 60.8 Å². The molecule has 2 saturated heterocycles. The van der Waals surface area contributed by atoms with Gasteiger partial charge in [-0.2, -0.15) is 9.97 Å². The van der Waals surface area contributed by atoms with Gasteiger partial charge in [0, 0.05) is 44.2 Å². The topological polar surface area (TPSA) is 80.3 Å². The molecule has 9 nitrogen and oxygen atoms in total. The van der Waals surface area contributed by atoms with E-state index in [4.69, 9.17) is 24.2 Å². The minimum Gasteiger partial charge on any atom is -0.462 e. The first-order valence-electron chi connectivity index (χ1n) is 16.1. The van der Waals surface area contributed by atoms with Crippen molar-refractivity contribution in [3.05, 3.63) is 94.7 Å². The Morgan fingerprint density at radius 2 is 1.76 bits per heavy atom. The average Bonchev–Trinajstić information content (AvgIpc) is 3.50. The number of aryl methyl sites for hydroxylation is 1. The number of piperazine rings is 1. The van der Waals surface area contributed by atoms with E-state index in [2.05, 4.69) is 60.2 Å². The molecule has 1 amide bonds. The molecule has 9 heteroatoms. The van der Waals surface area contributed by atoms with Crippen molar-refractivity contribution >= 4 is 22.7 Å². The fourth-order valence-corrected chi connectivity index (χ4v) is 6.86. The summed E-state index contributed by atoms with van der Waals surface area (Å²) < 4.78 is 18.5. The molecule has 4 heterocycles. The Bertz CT molecular complexity index is 1650. The molecule has 0 aliphatic carbocycles. The van der Waals surface area contributed by atoms with E-state index < -0.39 is 0 Å². The van der Waals surface area contributed by atoms with Crippen LogP contribution in [0.5, 0.6) is 6.01 Å². The quantitative estimate of drug-likeness (QED) is 0.265. The second-order valence-corrected chi connectivity index (χ2v) is 12.4. The van der Waals surface area contributed by atoms with Gasteiger partial charge in [0.1, 0.15) is 19.0 Å². The largest absolute Gasteiger partial charge is 0.462 e. The van der Waals surface area contributed by atoms with Crippen molar-refractivity contribution in [2.24, 2.45) is 0 Å². The number of carbonyl (C=O) groups excluding carboxylic acids is 1. The summed E-state index contributed by atoms with van der Waals surface area (Å²) in [5.41, 5.74) is 5.39. The van der Waals surface area contributed by atoms with Crippen molar-refractivity contribution in [1.82, 2.24) is 19.8 Å². The number of benzene rings is 3. The predicted molar refractivity (Wildman–Crippen MR) is 174 cm³/mol. The van der Waals surface area contributed by atoms with Crippen LogP contribution < -0.4 is 9.64 Å². The minimum absolute atomic E-state index is 0.116. The highest BCUT2D eigenvalue weighted by Crippen LogP contribution is 2.38. The standard InChI is InChI=1S/C36H41N5O4/c1-25-9-6-12-27-13-7-15-29(33(25)27)32-21-31-30(24-43-32)34(38-35(37-31)44-23-28-14-8-16-39(28)2)40-17-19-41(20-18-40)36(42)45-22-26-10-4-3-5-11-26/h3-7,9-13,15,28,32H,8,14,16-24H2,1-2H3/t28-,32?/m0/s1. The number of hydrogen-bond acceptors (Lipinski definition) is 8. The lowest BCUT2D eigenvalue weighted by Gasteiger charge is -2.37. The molecule has 234 valence electrons. The Labute approximate surface area is 264 Å². The molecule has 3 aliphatic heterocycles. The molecule has 7 rings (SSSR count). The number of rotatable bonds is 7. The molecule has 0 radical (unpaired) electrons. The minimum atomic E-state index is -0.288. The van der Waals surface area contributed by atoms with Gasteiger partial charge in [-0.25, -0.2) is 4.79 Å². The van der Waals surface area contributed by atoms with Gasteiger partial charge in [-0.1, -0.05) is 66.7 Å². The monoisotopic (exact) mass is 607 g/mol. The van der Waals surface area contributed by atoms with Gasteiger partial charge < -0.3 is 28.9 Å². The van der Waals surface area contributed by atoms with Crippen molar-refractivity contribution in [3.63, 3.8) is 0 Å². The molecule has 2 fully saturated rings. The highest BCUT2D eigenvalue weighted by atomic mass is 16.6. The Balaban J connectivity index is 1.11. The average molecular weight is 608 g/mol. The second-order valence-electron chi connectivity index (χ2n) is 12.4. The Kier molecular flexibility index (Phi) is 8.54. The van der Waals surface area contributed by atoms with E-state index in [-0.39, 0.29) is 18.8 Å². The summed E-state index contributed by atoms with van der Waals surface area (Å²) in [6, 6.07) is 23.4. The molecule has 3 aromatic carbocycles. The first-order chi connectivity index (χ1) is 22.0. The van der Waals surface area contributed by atoms with E-state index in [0.717, 1.165) is 35.6 Å². The van der Waals surface area contributed by atoms with E-state index >= 15 is 0 Å². The zero-order valence-corrected chi connectivity index (χ0v) is 26.2. The lowest BCUT2D eigenvalue weighted by Crippen LogP contribution is -2.49. The van der Waals surface area contributed by atoms with E-state index in [1.165, 1.54) is 28.3 Å². The molecule has 2 atom stereocenters. The normalized spacial score (nSPS) is 20.3. The first-order valence-corrected chi connectivity index (χ1v) is 16.1. The van der Waals surface area contributed by atoms with Crippen LogP contribution in [0.1, 0.15) is 46.9 Å². The number of nitrogens with zero attached hydrogens (tertiary/aromatic N) is 5. The lowest BCUT2D eigenvalue weighted by atomic mass is 9.92. The molecule has 1 unspecified atom stereocenters. The molecular formula is C36H41N5O4. The summed E-state index contributed by atoms with van der Waals surface area (Å²) in [6.45, 7) is 6.88. The summed E-state index contributed by atoms with van der Waals surface area (Å²) in [5.74, 6) is 0.847. The van der Waals surface area contributed by atoms with Crippen LogP contribution in [0.3, 0.4) is 0 Å². The van der Waals surface area contributed by atoms with Gasteiger partial charge in [0.05, 0.1) is 18.4 Å². The number of fused-ring (bicyclic) bond motifs is 2. The third kappa shape index (κ3) is 6.32. The van der Waals surface area contributed by atoms with Crippen molar-refractivity contribution in [2.45, 2.75) is 51.5 Å². The van der Waals surface area contributed by atoms with Crippen LogP contribution in [0.4, 0.5) is 10.6 Å². The zero-order valence-electron chi connectivity index (χ0n) is 26.2. The van der Waals surface area contributed by atoms with Gasteiger partial charge in [-0.3, -0.25) is 0 Å². The molecule has 0 saturated carbocycles. The van der Waals surface area contributed by atoms with E-state index in [0.29, 0.717) is 57.9 Å². The van der Waals surface area contributed by atoms with Crippen molar-refractivity contribution < 1.29 is 19.0 Å². The zero-order chi connectivity index (χ0) is 30.8. The van der Waals surface area contributed by atoms with Crippen LogP contribution >= 0.6 is 0 Å². The summed E-state index contributed by atoms with van der Waals surface area (Å²) in [6.07, 6.45) is 2.54. The number of aromatic nitrogens is 2. The van der Waals surface area contributed by atoms with Crippen molar-refractivity contribution in [1.29, 1.82) is 0 Å². The third-order valence-electron chi connectivity index (χ3n) is 9.47. The van der Waals surface area contributed by atoms with E-state index in [9.17, 15) is 4.79 Å². The van der Waals surface area contributed by atoms with Crippen molar-refractivity contribution in [2.75, 3.05) is 51.3 Å². The summed E-state index contributed by atoms with van der Waals surface area (Å²) in [7, 11) is 2.15. The molecule has 1 aromatic heterocycles. The molecule has 0 N–H and O–H groups in total. The SMILES string of the molecule is Cc1cccc2cccc(C3Cc4nc(OC[C@@H]5CCCN5C)nc(N5CCN(C(=O)OCc6ccccc6)CC5)c4CO3)c12. The van der Waals surface area contributed by atoms with Crippen LogP contribution in [0.25, 0.3) is 10.8 Å². The van der Waals surface area contributed by atoms with Gasteiger partial charge in [0.15, 0.2) is 0 Å². The summed E-state index contributed by atoms with van der Waals surface area (Å²) in [5, 5.41) is 2.47. The highest BCUT2D eigenvalue weighted by Gasteiger charge is 2.32. The molecule has 45 heavy (non-hydrogen) atoms. The molecule has 4 aromatic rings. The van der Waals surface area contributed by atoms with Gasteiger partial charge in [-0.15, -0.1) is 0 Å². The summed E-state index contributed by atoms with van der Waals surface area (Å²) in [4.78, 5) is 29.2. The number of amides is 1. The highest BCUT2D eigenvalue weighted by molar-refractivity contribution is 5.89. The smallest absolute Gasteiger partial charge is 0.410 e. The van der Waals surface area contributed by atoms with Crippen LogP contribution in [-0.4, -0.2) is 78.3 Å². The van der Waals surface area contributed by atoms with Crippen LogP contribution in [0.15, 0.2) is 66.7 Å². The number of hydrogen-bond donors (Lipinski definition) is 0. The Morgan fingerprint density at radius 1 is 0.956 bits per heavy atom. The maximum absolute atomic E-state index is 12.8. The van der Waals surface area contributed by atoms with Crippen LogP contribution in [0, 0.1) is 6.92 Å².